The number of hydrogen-bond acceptors (Lipinski definition) is 2. The van der Waals surface area contributed by atoms with Crippen LogP contribution >= 0.6 is 0 Å². The Morgan fingerprint density at radius 2 is 2.14 bits per heavy atom. The van der Waals surface area contributed by atoms with Gasteiger partial charge in [-0.25, -0.2) is 0 Å². The van der Waals surface area contributed by atoms with Crippen LogP contribution in [0.5, 0.6) is 0 Å². The highest BCUT2D eigenvalue weighted by atomic mass is 28.4. The molecule has 0 aromatic rings. The molecule has 0 saturated carbocycles. The van der Waals surface area contributed by atoms with E-state index in [2.05, 4.69) is 25.7 Å². The highest BCUT2D eigenvalue weighted by molar-refractivity contribution is 6.70. The fourth-order valence-electron chi connectivity index (χ4n) is 1.70. The van der Waals surface area contributed by atoms with Gasteiger partial charge in [0.25, 0.3) is 0 Å². The van der Waals surface area contributed by atoms with Crippen LogP contribution in [0, 0.1) is 5.92 Å². The van der Waals surface area contributed by atoms with Gasteiger partial charge in [-0.05, 0) is 45.5 Å². The van der Waals surface area contributed by atoms with Crippen molar-refractivity contribution in [2.45, 2.75) is 45.8 Å². The maximum atomic E-state index is 11.2. The molecule has 0 aromatic carbocycles. The smallest absolute Gasteiger partial charge is 0.241 e. The van der Waals surface area contributed by atoms with E-state index in [0.29, 0.717) is 5.78 Å². The number of rotatable bonds is 3. The van der Waals surface area contributed by atoms with Crippen LogP contribution in [0.1, 0.15) is 26.2 Å². The summed E-state index contributed by atoms with van der Waals surface area (Å²) in [5, 5.41) is 0. The predicted molar refractivity (Wildman–Crippen MR) is 60.5 cm³/mol. The lowest BCUT2D eigenvalue weighted by atomic mass is 9.90. The third-order valence-corrected chi connectivity index (χ3v) is 3.22. The van der Waals surface area contributed by atoms with Crippen LogP contribution in [0.4, 0.5) is 0 Å². The Labute approximate surface area is 87.5 Å². The summed E-state index contributed by atoms with van der Waals surface area (Å²) < 4.78 is 5.91. The SMILES string of the molecule is CC(=O)C1CCC=C(O[Si](C)(C)C)C1. The summed E-state index contributed by atoms with van der Waals surface area (Å²) in [6, 6.07) is 0. The predicted octanol–water partition coefficient (Wildman–Crippen LogP) is 3.11. The summed E-state index contributed by atoms with van der Waals surface area (Å²) in [5.74, 6) is 1.55. The van der Waals surface area contributed by atoms with E-state index in [1.165, 1.54) is 0 Å². The Morgan fingerprint density at radius 1 is 1.50 bits per heavy atom. The van der Waals surface area contributed by atoms with Gasteiger partial charge in [0.1, 0.15) is 5.78 Å². The molecule has 0 bridgehead atoms. The van der Waals surface area contributed by atoms with Crippen LogP contribution in [0.3, 0.4) is 0 Å². The molecule has 0 heterocycles. The third kappa shape index (κ3) is 3.66. The van der Waals surface area contributed by atoms with Crippen molar-refractivity contribution in [2.75, 3.05) is 0 Å². The highest BCUT2D eigenvalue weighted by Crippen LogP contribution is 2.27. The van der Waals surface area contributed by atoms with E-state index in [1.54, 1.807) is 6.92 Å². The van der Waals surface area contributed by atoms with Crippen LogP contribution in [-0.2, 0) is 9.22 Å². The first-order valence-electron chi connectivity index (χ1n) is 5.27. The van der Waals surface area contributed by atoms with Crippen LogP contribution in [-0.4, -0.2) is 14.1 Å². The molecule has 1 unspecified atom stereocenters. The summed E-state index contributed by atoms with van der Waals surface area (Å²) in [6.07, 6.45) is 4.95. The molecule has 1 aliphatic rings. The van der Waals surface area contributed by atoms with Crippen molar-refractivity contribution in [3.63, 3.8) is 0 Å². The van der Waals surface area contributed by atoms with Crippen molar-refractivity contribution in [2.24, 2.45) is 5.92 Å². The Balaban J connectivity index is 2.56. The molecule has 2 nitrogen and oxygen atoms in total. The second kappa shape index (κ2) is 4.30. The molecule has 0 N–H and O–H groups in total. The minimum absolute atomic E-state index is 0.200. The number of hydrogen-bond donors (Lipinski definition) is 0. The minimum atomic E-state index is -1.49. The zero-order valence-electron chi connectivity index (χ0n) is 9.59. The van der Waals surface area contributed by atoms with Crippen molar-refractivity contribution >= 4 is 14.1 Å². The van der Waals surface area contributed by atoms with Gasteiger partial charge < -0.3 is 4.43 Å². The molecular weight excluding hydrogens is 192 g/mol. The molecule has 0 aromatic heterocycles. The normalized spacial score (nSPS) is 22.9. The molecule has 1 rings (SSSR count). The number of Topliss-reactive ketones (excluding diaryl/α,β-unsaturated/α-hetero) is 1. The van der Waals surface area contributed by atoms with E-state index in [0.717, 1.165) is 25.0 Å². The van der Waals surface area contributed by atoms with Gasteiger partial charge in [-0.1, -0.05) is 0 Å². The molecule has 0 aliphatic heterocycles. The lowest BCUT2D eigenvalue weighted by Crippen LogP contribution is -2.27. The monoisotopic (exact) mass is 212 g/mol. The molecule has 1 atom stereocenters. The maximum Gasteiger partial charge on any atom is 0.241 e. The largest absolute Gasteiger partial charge is 0.548 e. The number of carbonyl (C=O) groups is 1. The lowest BCUT2D eigenvalue weighted by Gasteiger charge is -2.27. The number of ketones is 1. The average Bonchev–Trinajstić information content (AvgIpc) is 2.01. The molecular formula is C11H20O2Si. The Morgan fingerprint density at radius 3 is 2.64 bits per heavy atom. The zero-order chi connectivity index (χ0) is 10.8. The second-order valence-corrected chi connectivity index (χ2v) is 9.40. The van der Waals surface area contributed by atoms with E-state index < -0.39 is 8.32 Å². The van der Waals surface area contributed by atoms with Gasteiger partial charge in [0.05, 0.1) is 5.76 Å². The number of allylic oxidation sites excluding steroid dienone is 2. The van der Waals surface area contributed by atoms with Gasteiger partial charge in [-0.2, -0.15) is 0 Å². The first-order chi connectivity index (χ1) is 6.38. The highest BCUT2D eigenvalue weighted by Gasteiger charge is 2.24. The van der Waals surface area contributed by atoms with E-state index >= 15 is 0 Å². The Hall–Kier alpha value is -0.573. The molecule has 0 fully saturated rings. The van der Waals surface area contributed by atoms with Crippen molar-refractivity contribution < 1.29 is 9.22 Å². The summed E-state index contributed by atoms with van der Waals surface area (Å²) >= 11 is 0. The summed E-state index contributed by atoms with van der Waals surface area (Å²) in [7, 11) is -1.49. The second-order valence-electron chi connectivity index (χ2n) is 4.97. The third-order valence-electron chi connectivity index (χ3n) is 2.35. The molecule has 3 heteroatoms. The average molecular weight is 212 g/mol. The fraction of sp³-hybridized carbons (Fsp3) is 0.727. The van der Waals surface area contributed by atoms with Crippen molar-refractivity contribution in [1.29, 1.82) is 0 Å². The van der Waals surface area contributed by atoms with Crippen LogP contribution in [0.15, 0.2) is 11.8 Å². The molecule has 0 radical (unpaired) electrons. The van der Waals surface area contributed by atoms with Crippen molar-refractivity contribution in [3.8, 4) is 0 Å². The molecule has 14 heavy (non-hydrogen) atoms. The van der Waals surface area contributed by atoms with Crippen LogP contribution < -0.4 is 0 Å². The molecule has 1 aliphatic carbocycles. The van der Waals surface area contributed by atoms with Gasteiger partial charge in [0.2, 0.25) is 8.32 Å². The van der Waals surface area contributed by atoms with Crippen LogP contribution in [0.25, 0.3) is 0 Å². The maximum absolute atomic E-state index is 11.2. The van der Waals surface area contributed by atoms with E-state index in [9.17, 15) is 4.79 Å². The van der Waals surface area contributed by atoms with Crippen molar-refractivity contribution in [3.05, 3.63) is 11.8 Å². The van der Waals surface area contributed by atoms with E-state index in [-0.39, 0.29) is 5.92 Å². The van der Waals surface area contributed by atoms with Gasteiger partial charge >= 0.3 is 0 Å². The molecule has 0 amide bonds. The van der Waals surface area contributed by atoms with Crippen LogP contribution in [0.2, 0.25) is 19.6 Å². The van der Waals surface area contributed by atoms with E-state index in [4.69, 9.17) is 4.43 Å². The summed E-state index contributed by atoms with van der Waals surface area (Å²) in [4.78, 5) is 11.2. The zero-order valence-corrected chi connectivity index (χ0v) is 10.6. The van der Waals surface area contributed by atoms with Gasteiger partial charge in [-0.3, -0.25) is 4.79 Å². The Kier molecular flexibility index (Phi) is 3.53. The summed E-state index contributed by atoms with van der Waals surface area (Å²) in [6.45, 7) is 8.20. The molecule has 0 saturated heterocycles. The number of carbonyl (C=O) groups excluding carboxylic acids is 1. The minimum Gasteiger partial charge on any atom is -0.548 e. The first kappa shape index (κ1) is 11.5. The van der Waals surface area contributed by atoms with Gasteiger partial charge in [0.15, 0.2) is 0 Å². The van der Waals surface area contributed by atoms with Gasteiger partial charge in [-0.15, -0.1) is 0 Å². The molecule has 80 valence electrons. The first-order valence-corrected chi connectivity index (χ1v) is 8.68. The topological polar surface area (TPSA) is 26.3 Å². The summed E-state index contributed by atoms with van der Waals surface area (Å²) in [5.41, 5.74) is 0. The molecule has 0 spiro atoms. The standard InChI is InChI=1S/C11H20O2Si/c1-9(12)10-6-5-7-11(8-10)13-14(2,3)4/h7,10H,5-6,8H2,1-4H3. The lowest BCUT2D eigenvalue weighted by molar-refractivity contribution is -0.121. The van der Waals surface area contributed by atoms with Crippen molar-refractivity contribution in [1.82, 2.24) is 0 Å². The fourth-order valence-corrected chi connectivity index (χ4v) is 2.65. The van der Waals surface area contributed by atoms with Gasteiger partial charge in [0, 0.05) is 12.3 Å². The quantitative estimate of drug-likeness (QED) is 0.672. The van der Waals surface area contributed by atoms with E-state index in [1.807, 2.05) is 0 Å². The Bertz CT molecular complexity index is 251.